The maximum atomic E-state index is 5.54. The molecule has 3 aromatic heterocycles. The zero-order valence-corrected chi connectivity index (χ0v) is 18.2. The summed E-state index contributed by atoms with van der Waals surface area (Å²) in [5.74, 6) is 0.380. The van der Waals surface area contributed by atoms with Crippen molar-refractivity contribution in [2.45, 2.75) is 25.3 Å². The fourth-order valence-corrected chi connectivity index (χ4v) is 6.07. The molecule has 4 heteroatoms. The minimum Gasteiger partial charge on any atom is -0.385 e. The highest BCUT2D eigenvalue weighted by Crippen LogP contribution is 2.46. The predicted molar refractivity (Wildman–Crippen MR) is 129 cm³/mol. The van der Waals surface area contributed by atoms with Crippen molar-refractivity contribution >= 4 is 48.9 Å². The number of aromatic nitrogens is 3. The third-order valence-corrected chi connectivity index (χ3v) is 7.51. The maximum absolute atomic E-state index is 5.54. The molecule has 2 unspecified atom stereocenters. The number of rotatable bonds is 3. The van der Waals surface area contributed by atoms with Gasteiger partial charge in [-0.15, -0.1) is 0 Å². The Hall–Kier alpha value is -3.50. The average Bonchev–Trinajstić information content (AvgIpc) is 3.28. The average molecular weight is 419 g/mol. The number of nitrogens with zero attached hydrogens (tertiary/aromatic N) is 3. The van der Waals surface area contributed by atoms with Gasteiger partial charge in [0.1, 0.15) is 24.0 Å². The third kappa shape index (κ3) is 2.20. The van der Waals surface area contributed by atoms with E-state index < -0.39 is 0 Å². The molecule has 0 N–H and O–H groups in total. The quantitative estimate of drug-likeness (QED) is 0.203. The maximum Gasteiger partial charge on any atom is 0.295 e. The van der Waals surface area contributed by atoms with Crippen LogP contribution in [-0.4, -0.2) is 23.1 Å². The first-order chi connectivity index (χ1) is 15.8. The Balaban J connectivity index is 1.78. The van der Waals surface area contributed by atoms with Crippen molar-refractivity contribution in [1.82, 2.24) is 9.38 Å². The summed E-state index contributed by atoms with van der Waals surface area (Å²) >= 11 is 0. The topological polar surface area (TPSA) is 30.4 Å². The molecule has 0 saturated carbocycles. The summed E-state index contributed by atoms with van der Waals surface area (Å²) in [5.41, 5.74) is 4.02. The third-order valence-electron chi connectivity index (χ3n) is 7.51. The van der Waals surface area contributed by atoms with Crippen molar-refractivity contribution < 1.29 is 9.30 Å². The van der Waals surface area contributed by atoms with Crippen LogP contribution < -0.4 is 4.57 Å². The first-order valence-electron chi connectivity index (χ1n) is 11.3. The highest BCUT2D eigenvalue weighted by atomic mass is 16.5. The van der Waals surface area contributed by atoms with Gasteiger partial charge >= 0.3 is 0 Å². The number of hydrogen-bond donors (Lipinski definition) is 0. The number of pyridine rings is 2. The summed E-state index contributed by atoms with van der Waals surface area (Å²) in [6.07, 6.45) is 9.45. The van der Waals surface area contributed by atoms with Gasteiger partial charge in [-0.25, -0.2) is 4.57 Å². The molecule has 4 heterocycles. The van der Waals surface area contributed by atoms with Gasteiger partial charge in [0.25, 0.3) is 5.65 Å². The zero-order valence-electron chi connectivity index (χ0n) is 18.2. The SMILES string of the molecule is COCCC1c2c3ccncc3cc3c4ccc5ccccc5c4n4cc[n+](c4c23)C1C. The van der Waals surface area contributed by atoms with Crippen LogP contribution in [0.3, 0.4) is 0 Å². The Labute approximate surface area is 185 Å². The van der Waals surface area contributed by atoms with Gasteiger partial charge in [0, 0.05) is 53.6 Å². The van der Waals surface area contributed by atoms with Gasteiger partial charge < -0.3 is 4.74 Å². The number of methoxy groups -OCH3 is 1. The molecule has 3 aromatic carbocycles. The van der Waals surface area contributed by atoms with Crippen molar-refractivity contribution in [2.75, 3.05) is 13.7 Å². The second kappa shape index (κ2) is 6.50. The van der Waals surface area contributed by atoms with Gasteiger partial charge in [0.15, 0.2) is 0 Å². The van der Waals surface area contributed by atoms with Gasteiger partial charge in [-0.1, -0.05) is 30.3 Å². The van der Waals surface area contributed by atoms with Crippen LogP contribution in [0.25, 0.3) is 48.9 Å². The molecule has 0 radical (unpaired) electrons. The van der Waals surface area contributed by atoms with Crippen LogP contribution >= 0.6 is 0 Å². The van der Waals surface area contributed by atoms with Crippen molar-refractivity contribution in [2.24, 2.45) is 0 Å². The van der Waals surface area contributed by atoms with Crippen LogP contribution in [0.1, 0.15) is 30.9 Å². The lowest BCUT2D eigenvalue weighted by Gasteiger charge is -2.29. The van der Waals surface area contributed by atoms with Crippen LogP contribution in [-0.2, 0) is 4.74 Å². The Morgan fingerprint density at radius 2 is 1.91 bits per heavy atom. The summed E-state index contributed by atoms with van der Waals surface area (Å²) < 4.78 is 10.4. The van der Waals surface area contributed by atoms with Crippen molar-refractivity contribution in [3.05, 3.63) is 78.9 Å². The van der Waals surface area contributed by atoms with E-state index in [2.05, 4.69) is 81.8 Å². The van der Waals surface area contributed by atoms with Crippen LogP contribution in [0.15, 0.2) is 73.3 Å². The Bertz CT molecular complexity index is 1700. The molecule has 0 saturated heterocycles. The fourth-order valence-electron chi connectivity index (χ4n) is 6.07. The smallest absolute Gasteiger partial charge is 0.295 e. The van der Waals surface area contributed by atoms with E-state index in [9.17, 15) is 0 Å². The van der Waals surface area contributed by atoms with Crippen molar-refractivity contribution in [1.29, 1.82) is 0 Å². The lowest BCUT2D eigenvalue weighted by atomic mass is 9.80. The summed E-state index contributed by atoms with van der Waals surface area (Å²) in [6, 6.07) is 18.1. The molecule has 0 bridgehead atoms. The molecule has 2 atom stereocenters. The molecule has 32 heavy (non-hydrogen) atoms. The van der Waals surface area contributed by atoms with Crippen LogP contribution in [0, 0.1) is 0 Å². The molecular weight excluding hydrogens is 394 g/mol. The molecule has 0 amide bonds. The Morgan fingerprint density at radius 3 is 2.81 bits per heavy atom. The molecule has 4 nitrogen and oxygen atoms in total. The molecular formula is C28H24N3O+. The first-order valence-corrected chi connectivity index (χ1v) is 11.3. The highest BCUT2D eigenvalue weighted by molar-refractivity contribution is 6.22. The largest absolute Gasteiger partial charge is 0.385 e. The summed E-state index contributed by atoms with van der Waals surface area (Å²) in [4.78, 5) is 4.46. The Morgan fingerprint density at radius 1 is 1.00 bits per heavy atom. The van der Waals surface area contributed by atoms with E-state index in [1.807, 2.05) is 12.4 Å². The zero-order chi connectivity index (χ0) is 21.4. The molecule has 6 aromatic rings. The number of fused-ring (bicyclic) bond motifs is 7. The van der Waals surface area contributed by atoms with Gasteiger partial charge in [-0.3, -0.25) is 4.98 Å². The number of ether oxygens (including phenoxy) is 1. The van der Waals surface area contributed by atoms with Gasteiger partial charge in [0.2, 0.25) is 0 Å². The van der Waals surface area contributed by atoms with Gasteiger partial charge in [0.05, 0.1) is 5.39 Å². The molecule has 156 valence electrons. The molecule has 7 rings (SSSR count). The van der Waals surface area contributed by atoms with E-state index >= 15 is 0 Å². The number of hydrogen-bond acceptors (Lipinski definition) is 2. The van der Waals surface area contributed by atoms with E-state index in [1.54, 1.807) is 7.11 Å². The number of imidazole rings is 1. The Kier molecular flexibility index (Phi) is 3.68. The van der Waals surface area contributed by atoms with E-state index in [4.69, 9.17) is 4.74 Å². The molecule has 0 aliphatic carbocycles. The highest BCUT2D eigenvalue weighted by Gasteiger charge is 2.37. The van der Waals surface area contributed by atoms with E-state index in [0.717, 1.165) is 13.0 Å². The van der Waals surface area contributed by atoms with Gasteiger partial charge in [-0.05, 0) is 47.9 Å². The normalized spacial score (nSPS) is 18.1. The lowest BCUT2D eigenvalue weighted by Crippen LogP contribution is -2.43. The van der Waals surface area contributed by atoms with E-state index in [1.165, 1.54) is 54.4 Å². The standard InChI is InChI=1S/C28H24N3O/c1-17-20(10-14-32-2)25-21-9-11-29-16-19(21)15-24-23-8-7-18-5-3-4-6-22(18)27(23)31-13-12-30(17)28(31)26(24)25/h3-9,11-13,15-17,20H,10,14H2,1-2H3/q+1. The fraction of sp³-hybridized carbons (Fsp3) is 0.214. The molecule has 0 fully saturated rings. The summed E-state index contributed by atoms with van der Waals surface area (Å²) in [6.45, 7) is 3.10. The van der Waals surface area contributed by atoms with Crippen LogP contribution in [0.5, 0.6) is 0 Å². The van der Waals surface area contributed by atoms with Crippen LogP contribution in [0.4, 0.5) is 0 Å². The van der Waals surface area contributed by atoms with E-state index in [0.29, 0.717) is 12.0 Å². The number of benzene rings is 3. The monoisotopic (exact) mass is 418 g/mol. The molecule has 1 aliphatic rings. The second-order valence-corrected chi connectivity index (χ2v) is 9.02. The lowest BCUT2D eigenvalue weighted by molar-refractivity contribution is -0.698. The summed E-state index contributed by atoms with van der Waals surface area (Å²) in [5, 5.41) is 9.06. The minimum atomic E-state index is 0.344. The van der Waals surface area contributed by atoms with E-state index in [-0.39, 0.29) is 0 Å². The predicted octanol–water partition coefficient (Wildman–Crippen LogP) is 5.93. The van der Waals surface area contributed by atoms with Gasteiger partial charge in [-0.2, -0.15) is 4.40 Å². The second-order valence-electron chi connectivity index (χ2n) is 9.02. The molecule has 0 spiro atoms. The van der Waals surface area contributed by atoms with Crippen LogP contribution in [0.2, 0.25) is 0 Å². The van der Waals surface area contributed by atoms with Crippen molar-refractivity contribution in [3.8, 4) is 0 Å². The minimum absolute atomic E-state index is 0.344. The first kappa shape index (κ1) is 18.1. The molecule has 1 aliphatic heterocycles. The van der Waals surface area contributed by atoms with Crippen molar-refractivity contribution in [3.63, 3.8) is 0 Å². The summed E-state index contributed by atoms with van der Waals surface area (Å²) in [7, 11) is 1.80.